The molecule has 20 heavy (non-hydrogen) atoms. The predicted octanol–water partition coefficient (Wildman–Crippen LogP) is 2.75. The van der Waals surface area contributed by atoms with Crippen molar-refractivity contribution in [2.45, 2.75) is 32.2 Å². The Kier molecular flexibility index (Phi) is 4.17. The minimum atomic E-state index is 0.193. The number of carbonyl (C=O) groups is 1. The number of hydrogen-bond donors (Lipinski definition) is 0. The van der Waals surface area contributed by atoms with Crippen molar-refractivity contribution in [1.82, 2.24) is 14.4 Å². The highest BCUT2D eigenvalue weighted by atomic mass is 79.9. The van der Waals surface area contributed by atoms with E-state index in [0.29, 0.717) is 6.04 Å². The van der Waals surface area contributed by atoms with E-state index in [-0.39, 0.29) is 5.91 Å². The second-order valence-electron chi connectivity index (χ2n) is 5.82. The van der Waals surface area contributed by atoms with Crippen LogP contribution in [0.1, 0.15) is 42.7 Å². The lowest BCUT2D eigenvalue weighted by Gasteiger charge is -2.34. The van der Waals surface area contributed by atoms with E-state index in [1.165, 1.54) is 19.3 Å². The van der Waals surface area contributed by atoms with Crippen LogP contribution >= 0.6 is 15.9 Å². The monoisotopic (exact) mass is 339 g/mol. The Hall–Kier alpha value is -0.810. The average Bonchev–Trinajstić information content (AvgIpc) is 3.22. The molecule has 0 bridgehead atoms. The van der Waals surface area contributed by atoms with Gasteiger partial charge in [0.05, 0.1) is 0 Å². The lowest BCUT2D eigenvalue weighted by Crippen LogP contribution is -2.49. The molecule has 1 saturated heterocycles. The van der Waals surface area contributed by atoms with Crippen molar-refractivity contribution in [2.24, 2.45) is 0 Å². The van der Waals surface area contributed by atoms with Crippen LogP contribution in [-0.4, -0.2) is 53.0 Å². The maximum absolute atomic E-state index is 12.7. The van der Waals surface area contributed by atoms with Gasteiger partial charge in [0, 0.05) is 42.9 Å². The van der Waals surface area contributed by atoms with Gasteiger partial charge in [-0.2, -0.15) is 0 Å². The molecule has 2 fully saturated rings. The van der Waals surface area contributed by atoms with E-state index in [2.05, 4.69) is 38.5 Å². The quantitative estimate of drug-likeness (QED) is 0.843. The summed E-state index contributed by atoms with van der Waals surface area (Å²) < 4.78 is 3.17. The predicted molar refractivity (Wildman–Crippen MR) is 83.0 cm³/mol. The number of carbonyl (C=O) groups excluding carboxylic acids is 1. The first kappa shape index (κ1) is 14.1. The second kappa shape index (κ2) is 5.90. The number of amides is 1. The SMILES string of the molecule is CCCN1CCN(C(=O)c2cc(Br)cn2C2CC2)CC1. The molecule has 0 aromatic carbocycles. The summed E-state index contributed by atoms with van der Waals surface area (Å²) in [4.78, 5) is 17.1. The van der Waals surface area contributed by atoms with Crippen molar-refractivity contribution < 1.29 is 4.79 Å². The smallest absolute Gasteiger partial charge is 0.270 e. The number of nitrogens with zero attached hydrogens (tertiary/aromatic N) is 3. The molecule has 1 aromatic rings. The fraction of sp³-hybridized carbons (Fsp3) is 0.667. The van der Waals surface area contributed by atoms with Crippen molar-refractivity contribution in [3.8, 4) is 0 Å². The third-order valence-corrected chi connectivity index (χ3v) is 4.61. The van der Waals surface area contributed by atoms with Gasteiger partial charge in [0.1, 0.15) is 5.69 Å². The number of hydrogen-bond acceptors (Lipinski definition) is 2. The molecule has 5 heteroatoms. The maximum atomic E-state index is 12.7. The van der Waals surface area contributed by atoms with Gasteiger partial charge in [0.2, 0.25) is 0 Å². The Bertz CT molecular complexity index is 487. The Balaban J connectivity index is 1.67. The molecule has 0 atom stereocenters. The Morgan fingerprint density at radius 2 is 2.00 bits per heavy atom. The molecule has 1 saturated carbocycles. The third kappa shape index (κ3) is 2.93. The maximum Gasteiger partial charge on any atom is 0.270 e. The van der Waals surface area contributed by atoms with E-state index in [9.17, 15) is 4.79 Å². The molecule has 0 unspecified atom stereocenters. The minimum Gasteiger partial charge on any atom is -0.339 e. The summed E-state index contributed by atoms with van der Waals surface area (Å²) in [7, 11) is 0. The number of aromatic nitrogens is 1. The van der Waals surface area contributed by atoms with Gasteiger partial charge in [-0.15, -0.1) is 0 Å². The molecular formula is C15H22BrN3O. The molecule has 2 aliphatic rings. The molecular weight excluding hydrogens is 318 g/mol. The fourth-order valence-corrected chi connectivity index (χ4v) is 3.36. The van der Waals surface area contributed by atoms with Crippen LogP contribution in [0.2, 0.25) is 0 Å². The highest BCUT2D eigenvalue weighted by Crippen LogP contribution is 2.37. The topological polar surface area (TPSA) is 28.5 Å². The van der Waals surface area contributed by atoms with Gasteiger partial charge in [-0.05, 0) is 47.8 Å². The highest BCUT2D eigenvalue weighted by molar-refractivity contribution is 9.10. The van der Waals surface area contributed by atoms with Gasteiger partial charge in [-0.25, -0.2) is 0 Å². The van der Waals surface area contributed by atoms with Crippen molar-refractivity contribution >= 4 is 21.8 Å². The summed E-state index contributed by atoms with van der Waals surface area (Å²) in [6, 6.07) is 2.51. The van der Waals surface area contributed by atoms with Gasteiger partial charge in [0.15, 0.2) is 0 Å². The Morgan fingerprint density at radius 3 is 2.60 bits per heavy atom. The van der Waals surface area contributed by atoms with Crippen molar-refractivity contribution in [3.05, 3.63) is 22.4 Å². The molecule has 0 spiro atoms. The van der Waals surface area contributed by atoms with Gasteiger partial charge in [0.25, 0.3) is 5.91 Å². The number of rotatable bonds is 4. The van der Waals surface area contributed by atoms with Gasteiger partial charge < -0.3 is 9.47 Å². The molecule has 1 aromatic heterocycles. The fourth-order valence-electron chi connectivity index (χ4n) is 2.92. The highest BCUT2D eigenvalue weighted by Gasteiger charge is 2.30. The molecule has 0 N–H and O–H groups in total. The first-order chi connectivity index (χ1) is 9.69. The average molecular weight is 340 g/mol. The van der Waals surface area contributed by atoms with E-state index in [1.54, 1.807) is 0 Å². The molecule has 1 aliphatic heterocycles. The summed E-state index contributed by atoms with van der Waals surface area (Å²) >= 11 is 3.50. The lowest BCUT2D eigenvalue weighted by molar-refractivity contribution is 0.0626. The summed E-state index contributed by atoms with van der Waals surface area (Å²) in [6.07, 6.45) is 5.64. The standard InChI is InChI=1S/C15H22BrN3O/c1-2-5-17-6-8-18(9-7-17)15(20)14-10-12(16)11-19(14)13-3-4-13/h10-11,13H,2-9H2,1H3. The molecule has 1 amide bonds. The van der Waals surface area contributed by atoms with Gasteiger partial charge in [-0.3, -0.25) is 9.69 Å². The molecule has 110 valence electrons. The van der Waals surface area contributed by atoms with E-state index in [0.717, 1.165) is 42.9 Å². The summed E-state index contributed by atoms with van der Waals surface area (Å²) in [5, 5.41) is 0. The molecule has 0 radical (unpaired) electrons. The van der Waals surface area contributed by atoms with E-state index < -0.39 is 0 Å². The number of piperazine rings is 1. The van der Waals surface area contributed by atoms with E-state index in [4.69, 9.17) is 0 Å². The minimum absolute atomic E-state index is 0.193. The Morgan fingerprint density at radius 1 is 1.30 bits per heavy atom. The molecule has 3 rings (SSSR count). The van der Waals surface area contributed by atoms with Crippen molar-refractivity contribution in [1.29, 1.82) is 0 Å². The first-order valence-electron chi connectivity index (χ1n) is 7.58. The zero-order chi connectivity index (χ0) is 14.1. The lowest BCUT2D eigenvalue weighted by atomic mass is 10.2. The van der Waals surface area contributed by atoms with Crippen LogP contribution in [0, 0.1) is 0 Å². The first-order valence-corrected chi connectivity index (χ1v) is 8.37. The normalized spacial score (nSPS) is 20.4. The van der Waals surface area contributed by atoms with Crippen molar-refractivity contribution in [2.75, 3.05) is 32.7 Å². The molecule has 1 aliphatic carbocycles. The van der Waals surface area contributed by atoms with Crippen molar-refractivity contribution in [3.63, 3.8) is 0 Å². The van der Waals surface area contributed by atoms with E-state index >= 15 is 0 Å². The zero-order valence-corrected chi connectivity index (χ0v) is 13.6. The van der Waals surface area contributed by atoms with Crippen LogP contribution in [0.15, 0.2) is 16.7 Å². The molecule has 2 heterocycles. The van der Waals surface area contributed by atoms with Crippen LogP contribution in [0.3, 0.4) is 0 Å². The summed E-state index contributed by atoms with van der Waals surface area (Å²) in [6.45, 7) is 7.07. The van der Waals surface area contributed by atoms with Gasteiger partial charge in [-0.1, -0.05) is 6.92 Å². The van der Waals surface area contributed by atoms with Crippen LogP contribution in [0.5, 0.6) is 0 Å². The number of halogens is 1. The second-order valence-corrected chi connectivity index (χ2v) is 6.73. The summed E-state index contributed by atoms with van der Waals surface area (Å²) in [5.41, 5.74) is 0.850. The largest absolute Gasteiger partial charge is 0.339 e. The third-order valence-electron chi connectivity index (χ3n) is 4.17. The van der Waals surface area contributed by atoms with Crippen LogP contribution < -0.4 is 0 Å². The van der Waals surface area contributed by atoms with Crippen LogP contribution in [-0.2, 0) is 0 Å². The Labute approximate surface area is 128 Å². The van der Waals surface area contributed by atoms with Crippen LogP contribution in [0.4, 0.5) is 0 Å². The zero-order valence-electron chi connectivity index (χ0n) is 12.0. The van der Waals surface area contributed by atoms with Crippen LogP contribution in [0.25, 0.3) is 0 Å². The van der Waals surface area contributed by atoms with E-state index in [1.807, 2.05) is 11.0 Å². The molecule has 4 nitrogen and oxygen atoms in total. The van der Waals surface area contributed by atoms with Gasteiger partial charge >= 0.3 is 0 Å². The summed E-state index contributed by atoms with van der Waals surface area (Å²) in [5.74, 6) is 0.193.